The molecule has 0 aliphatic carbocycles. The Hall–Kier alpha value is -4.88. The third-order valence-corrected chi connectivity index (χ3v) is 5.56. The average Bonchev–Trinajstić information content (AvgIpc) is 2.90. The van der Waals surface area contributed by atoms with Crippen molar-refractivity contribution < 1.29 is 29.0 Å². The van der Waals surface area contributed by atoms with Crippen LogP contribution in [-0.2, 0) is 25.7 Å². The monoisotopic (exact) mass is 539 g/mol. The number of hydrogen-bond donors (Lipinski definition) is 5. The lowest BCUT2D eigenvalue weighted by Crippen LogP contribution is -2.41. The fourth-order valence-electron chi connectivity index (χ4n) is 3.50. The SMILES string of the molecule is CCCCCC(=O)OC(=O)CC[C@H](NC(=O)c1ccc(NCc2cnc3nc(N)[nH]c(=O)c3n2)cc1)C(=O)O. The average molecular weight is 540 g/mol. The first-order valence-corrected chi connectivity index (χ1v) is 12.3. The maximum absolute atomic E-state index is 12.6. The van der Waals surface area contributed by atoms with E-state index in [2.05, 4.69) is 30.6 Å². The molecule has 0 saturated heterocycles. The number of nitrogen functional groups attached to an aromatic ring is 1. The highest BCUT2D eigenvalue weighted by atomic mass is 16.6. The lowest BCUT2D eigenvalue weighted by molar-refractivity contribution is -0.159. The molecular weight excluding hydrogens is 510 g/mol. The molecule has 0 unspecified atom stereocenters. The zero-order chi connectivity index (χ0) is 28.4. The van der Waals surface area contributed by atoms with Crippen molar-refractivity contribution in [2.45, 2.75) is 58.0 Å². The quantitative estimate of drug-likeness (QED) is 0.119. The molecule has 0 saturated carbocycles. The van der Waals surface area contributed by atoms with Gasteiger partial charge in [-0.15, -0.1) is 0 Å². The molecule has 3 rings (SSSR count). The summed E-state index contributed by atoms with van der Waals surface area (Å²) in [6.07, 6.45) is 3.35. The van der Waals surface area contributed by atoms with Crippen LogP contribution in [-0.4, -0.2) is 54.9 Å². The van der Waals surface area contributed by atoms with Crippen molar-refractivity contribution in [2.75, 3.05) is 11.1 Å². The molecule has 206 valence electrons. The Morgan fingerprint density at radius 2 is 1.79 bits per heavy atom. The number of aliphatic carboxylic acids is 1. The molecule has 1 aromatic carbocycles. The first kappa shape index (κ1) is 28.7. The first-order chi connectivity index (χ1) is 18.7. The van der Waals surface area contributed by atoms with E-state index in [1.54, 1.807) is 12.1 Å². The summed E-state index contributed by atoms with van der Waals surface area (Å²) >= 11 is 0. The number of carbonyl (C=O) groups is 4. The number of unbranched alkanes of at least 4 members (excludes halogenated alkanes) is 2. The number of hydrogen-bond acceptors (Lipinski definition) is 11. The van der Waals surface area contributed by atoms with E-state index in [1.807, 2.05) is 6.92 Å². The summed E-state index contributed by atoms with van der Waals surface area (Å²) in [4.78, 5) is 74.3. The van der Waals surface area contributed by atoms with Crippen LogP contribution in [0.25, 0.3) is 11.2 Å². The number of nitrogens with two attached hydrogens (primary N) is 1. The van der Waals surface area contributed by atoms with Gasteiger partial charge in [-0.25, -0.2) is 14.8 Å². The van der Waals surface area contributed by atoms with Gasteiger partial charge in [-0.3, -0.25) is 24.2 Å². The highest BCUT2D eigenvalue weighted by Gasteiger charge is 2.23. The highest BCUT2D eigenvalue weighted by Crippen LogP contribution is 2.12. The van der Waals surface area contributed by atoms with E-state index >= 15 is 0 Å². The number of benzene rings is 1. The molecule has 3 aromatic rings. The first-order valence-electron chi connectivity index (χ1n) is 12.3. The normalized spacial score (nSPS) is 11.5. The molecule has 39 heavy (non-hydrogen) atoms. The van der Waals surface area contributed by atoms with Gasteiger partial charge >= 0.3 is 17.9 Å². The highest BCUT2D eigenvalue weighted by molar-refractivity contribution is 5.97. The van der Waals surface area contributed by atoms with Gasteiger partial charge in [-0.05, 0) is 37.1 Å². The van der Waals surface area contributed by atoms with Gasteiger partial charge in [0.05, 0.1) is 18.4 Å². The molecule has 2 heterocycles. The summed E-state index contributed by atoms with van der Waals surface area (Å²) < 4.78 is 4.69. The fourth-order valence-corrected chi connectivity index (χ4v) is 3.50. The number of nitrogens with zero attached hydrogens (tertiary/aromatic N) is 3. The molecular formula is C25H29N7O7. The topological polar surface area (TPSA) is 219 Å². The van der Waals surface area contributed by atoms with Crippen molar-refractivity contribution in [1.82, 2.24) is 25.3 Å². The molecule has 0 spiro atoms. The van der Waals surface area contributed by atoms with Gasteiger partial charge in [0.15, 0.2) is 11.2 Å². The number of rotatable bonds is 13. The van der Waals surface area contributed by atoms with Crippen molar-refractivity contribution in [1.29, 1.82) is 0 Å². The lowest BCUT2D eigenvalue weighted by Gasteiger charge is -2.14. The van der Waals surface area contributed by atoms with Gasteiger partial charge in [0.2, 0.25) is 5.95 Å². The van der Waals surface area contributed by atoms with E-state index in [-0.39, 0.29) is 48.5 Å². The standard InChI is InChI=1S/C25H29N7O7/c1-2-3-4-5-18(33)39-19(34)11-10-17(24(37)38)30-22(35)14-6-8-15(9-7-14)27-12-16-13-28-21-20(29-16)23(36)32-25(26)31-21/h6-9,13,17,27H,2-5,10-12H2,1H3,(H,30,35)(H,37,38)(H3,26,28,31,32,36)/t17-/m0/s1. The molecule has 0 aliphatic rings. The third kappa shape index (κ3) is 8.59. The van der Waals surface area contributed by atoms with Gasteiger partial charge in [0.25, 0.3) is 11.5 Å². The second-order valence-corrected chi connectivity index (χ2v) is 8.62. The summed E-state index contributed by atoms with van der Waals surface area (Å²) in [6, 6.07) is 4.84. The van der Waals surface area contributed by atoms with Crippen LogP contribution in [0, 0.1) is 0 Å². The minimum Gasteiger partial charge on any atom is -0.480 e. The number of nitrogens with one attached hydrogen (secondary N) is 3. The molecule has 0 fully saturated rings. The van der Waals surface area contributed by atoms with Crippen LogP contribution < -0.4 is 21.9 Å². The van der Waals surface area contributed by atoms with E-state index in [0.717, 1.165) is 12.8 Å². The smallest absolute Gasteiger partial charge is 0.326 e. The number of amides is 1. The van der Waals surface area contributed by atoms with Crippen molar-refractivity contribution >= 4 is 46.6 Å². The molecule has 14 nitrogen and oxygen atoms in total. The second-order valence-electron chi connectivity index (χ2n) is 8.62. The maximum Gasteiger partial charge on any atom is 0.326 e. The zero-order valence-electron chi connectivity index (χ0n) is 21.2. The predicted molar refractivity (Wildman–Crippen MR) is 139 cm³/mol. The third-order valence-electron chi connectivity index (χ3n) is 5.56. The number of carbonyl (C=O) groups excluding carboxylic acids is 3. The van der Waals surface area contributed by atoms with E-state index in [1.165, 1.54) is 18.3 Å². The van der Waals surface area contributed by atoms with Crippen molar-refractivity contribution in [3.8, 4) is 0 Å². The van der Waals surface area contributed by atoms with Gasteiger partial charge in [-0.1, -0.05) is 19.8 Å². The summed E-state index contributed by atoms with van der Waals surface area (Å²) in [5.41, 5.74) is 6.46. The Kier molecular flexibility index (Phi) is 10.0. The Morgan fingerprint density at radius 3 is 2.49 bits per heavy atom. The van der Waals surface area contributed by atoms with Gasteiger partial charge in [0.1, 0.15) is 6.04 Å². The van der Waals surface area contributed by atoms with Crippen molar-refractivity contribution in [2.24, 2.45) is 0 Å². The molecule has 1 atom stereocenters. The number of aromatic nitrogens is 4. The molecule has 2 aromatic heterocycles. The van der Waals surface area contributed by atoms with E-state index in [0.29, 0.717) is 17.8 Å². The van der Waals surface area contributed by atoms with Crippen LogP contribution in [0.15, 0.2) is 35.3 Å². The Morgan fingerprint density at radius 1 is 1.08 bits per heavy atom. The molecule has 14 heteroatoms. The van der Waals surface area contributed by atoms with Crippen LogP contribution in [0.3, 0.4) is 0 Å². The molecule has 0 bridgehead atoms. The molecule has 6 N–H and O–H groups in total. The summed E-state index contributed by atoms with van der Waals surface area (Å²) in [6.45, 7) is 2.20. The summed E-state index contributed by atoms with van der Waals surface area (Å²) in [5, 5.41) is 14.9. The van der Waals surface area contributed by atoms with E-state index in [9.17, 15) is 29.1 Å². The number of ether oxygens (including phenoxy) is 1. The van der Waals surface area contributed by atoms with Gasteiger partial charge in [-0.2, -0.15) is 4.98 Å². The van der Waals surface area contributed by atoms with Gasteiger partial charge < -0.3 is 26.2 Å². The van der Waals surface area contributed by atoms with Crippen LogP contribution >= 0.6 is 0 Å². The van der Waals surface area contributed by atoms with Crippen LogP contribution in [0.4, 0.5) is 11.6 Å². The number of esters is 2. The minimum atomic E-state index is -1.35. The van der Waals surface area contributed by atoms with Crippen LogP contribution in [0.1, 0.15) is 61.5 Å². The number of H-pyrrole nitrogens is 1. The number of anilines is 2. The van der Waals surface area contributed by atoms with E-state index in [4.69, 9.17) is 10.5 Å². The molecule has 0 aliphatic heterocycles. The fraction of sp³-hybridized carbons (Fsp3) is 0.360. The van der Waals surface area contributed by atoms with E-state index < -0.39 is 35.4 Å². The number of aromatic amines is 1. The molecule has 1 amide bonds. The largest absolute Gasteiger partial charge is 0.480 e. The number of carboxylic acids is 1. The molecule has 0 radical (unpaired) electrons. The Balaban J connectivity index is 1.51. The van der Waals surface area contributed by atoms with Crippen LogP contribution in [0.5, 0.6) is 0 Å². The van der Waals surface area contributed by atoms with Crippen LogP contribution in [0.2, 0.25) is 0 Å². The second kappa shape index (κ2) is 13.6. The van der Waals surface area contributed by atoms with Crippen molar-refractivity contribution in [3.05, 3.63) is 52.1 Å². The van der Waals surface area contributed by atoms with Gasteiger partial charge in [0, 0.05) is 24.1 Å². The summed E-state index contributed by atoms with van der Waals surface area (Å²) in [5.74, 6) is -3.52. The number of carboxylic acid groups (broad SMARTS) is 1. The number of fused-ring (bicyclic) bond motifs is 1. The summed E-state index contributed by atoms with van der Waals surface area (Å²) in [7, 11) is 0. The predicted octanol–water partition coefficient (Wildman–Crippen LogP) is 1.52. The lowest BCUT2D eigenvalue weighted by atomic mass is 10.1. The zero-order valence-corrected chi connectivity index (χ0v) is 21.2. The minimum absolute atomic E-state index is 0.0512. The maximum atomic E-state index is 12.6. The van der Waals surface area contributed by atoms with Crippen molar-refractivity contribution in [3.63, 3.8) is 0 Å². The Labute approximate surface area is 222 Å². The Bertz CT molecular complexity index is 1410.